The Hall–Kier alpha value is -3.92. The Bertz CT molecular complexity index is 1280. The largest absolute Gasteiger partial charge is 0.464 e. The summed E-state index contributed by atoms with van der Waals surface area (Å²) in [7, 11) is -3.59. The number of rotatable bonds is 8. The van der Waals surface area contributed by atoms with Gasteiger partial charge in [0.1, 0.15) is 6.04 Å². The highest BCUT2D eigenvalue weighted by Gasteiger charge is 2.27. The number of amides is 1. The zero-order valence-corrected chi connectivity index (χ0v) is 19.1. The molecule has 0 saturated carbocycles. The highest BCUT2D eigenvalue weighted by atomic mass is 32.2. The molecule has 1 amide bonds. The number of carboxylic acid groups (broad SMARTS) is 1. The van der Waals surface area contributed by atoms with E-state index in [1.165, 1.54) is 13.0 Å². The molecule has 0 aliphatic carbocycles. The SMILES string of the molecule is Cc1cc(-c2cc(NN(C(=O)O)C(C)C(=O)c3ccccc3)cc(NS(C)(=O)=O)c2)ccn1. The van der Waals surface area contributed by atoms with E-state index in [0.29, 0.717) is 11.1 Å². The van der Waals surface area contributed by atoms with Crippen LogP contribution in [0.2, 0.25) is 0 Å². The zero-order chi connectivity index (χ0) is 24.2. The monoisotopic (exact) mass is 468 g/mol. The lowest BCUT2D eigenvalue weighted by atomic mass is 10.0. The molecule has 10 heteroatoms. The number of sulfonamides is 1. The van der Waals surface area contributed by atoms with Crippen molar-refractivity contribution >= 4 is 33.3 Å². The Morgan fingerprint density at radius 3 is 2.27 bits per heavy atom. The molecule has 0 bridgehead atoms. The van der Waals surface area contributed by atoms with Gasteiger partial charge in [0.15, 0.2) is 5.78 Å². The second-order valence-electron chi connectivity index (χ2n) is 7.53. The third-order valence-corrected chi connectivity index (χ3v) is 5.35. The molecule has 2 aromatic carbocycles. The van der Waals surface area contributed by atoms with Crippen LogP contribution in [0.15, 0.2) is 66.9 Å². The molecule has 3 N–H and O–H groups in total. The molecular formula is C23H24N4O5S. The lowest BCUT2D eigenvalue weighted by Gasteiger charge is -2.27. The van der Waals surface area contributed by atoms with Crippen molar-refractivity contribution in [2.24, 2.45) is 0 Å². The number of hydrazine groups is 1. The molecule has 1 heterocycles. The Kier molecular flexibility index (Phi) is 6.98. The van der Waals surface area contributed by atoms with Crippen molar-refractivity contribution in [2.45, 2.75) is 19.9 Å². The number of aryl methyl sites for hydroxylation is 1. The number of ketones is 1. The van der Waals surface area contributed by atoms with E-state index in [4.69, 9.17) is 0 Å². The summed E-state index contributed by atoms with van der Waals surface area (Å²) in [6.45, 7) is 3.30. The summed E-state index contributed by atoms with van der Waals surface area (Å²) in [5, 5.41) is 10.6. The van der Waals surface area contributed by atoms with Crippen molar-refractivity contribution in [1.82, 2.24) is 9.99 Å². The standard InChI is InChI=1S/C23H24N4O5S/c1-15-11-18(9-10-24-15)19-12-20(14-21(13-19)26-33(3,31)32)25-27(23(29)30)16(2)22(28)17-7-5-4-6-8-17/h4-14,16,25-26H,1-3H3,(H,29,30). The van der Waals surface area contributed by atoms with Crippen LogP contribution >= 0.6 is 0 Å². The zero-order valence-electron chi connectivity index (χ0n) is 18.3. The molecular weight excluding hydrogens is 444 g/mol. The number of anilines is 2. The van der Waals surface area contributed by atoms with E-state index in [-0.39, 0.29) is 17.2 Å². The van der Waals surface area contributed by atoms with Gasteiger partial charge < -0.3 is 5.11 Å². The van der Waals surface area contributed by atoms with Gasteiger partial charge in [-0.05, 0) is 55.3 Å². The average molecular weight is 469 g/mol. The number of carbonyl (C=O) groups excluding carboxylic acids is 1. The normalized spacial score (nSPS) is 12.0. The number of nitrogens with zero attached hydrogens (tertiary/aromatic N) is 2. The fraction of sp³-hybridized carbons (Fsp3) is 0.174. The van der Waals surface area contributed by atoms with Gasteiger partial charge in [-0.3, -0.25) is 19.9 Å². The van der Waals surface area contributed by atoms with Gasteiger partial charge in [-0.2, -0.15) is 0 Å². The van der Waals surface area contributed by atoms with E-state index in [1.54, 1.807) is 54.7 Å². The van der Waals surface area contributed by atoms with Crippen molar-refractivity contribution in [3.05, 3.63) is 78.1 Å². The first-order valence-electron chi connectivity index (χ1n) is 9.97. The number of hydrogen-bond acceptors (Lipinski definition) is 6. The van der Waals surface area contributed by atoms with Gasteiger partial charge >= 0.3 is 6.09 Å². The van der Waals surface area contributed by atoms with Crippen LogP contribution in [0.5, 0.6) is 0 Å². The first kappa shape index (κ1) is 23.7. The number of pyridine rings is 1. The van der Waals surface area contributed by atoms with Gasteiger partial charge in [0.05, 0.1) is 17.6 Å². The third-order valence-electron chi connectivity index (χ3n) is 4.75. The highest BCUT2D eigenvalue weighted by Crippen LogP contribution is 2.29. The Morgan fingerprint density at radius 2 is 1.67 bits per heavy atom. The van der Waals surface area contributed by atoms with E-state index in [2.05, 4.69) is 15.1 Å². The van der Waals surface area contributed by atoms with Gasteiger partial charge in [0.25, 0.3) is 0 Å². The Morgan fingerprint density at radius 1 is 1.00 bits per heavy atom. The summed E-state index contributed by atoms with van der Waals surface area (Å²) in [6.07, 6.45) is 1.28. The lowest BCUT2D eigenvalue weighted by molar-refractivity contribution is 0.0843. The molecule has 1 unspecified atom stereocenters. The third kappa shape index (κ3) is 6.30. The molecule has 1 aromatic heterocycles. The second-order valence-corrected chi connectivity index (χ2v) is 9.28. The fourth-order valence-corrected chi connectivity index (χ4v) is 3.81. The summed E-state index contributed by atoms with van der Waals surface area (Å²) < 4.78 is 26.0. The maximum absolute atomic E-state index is 12.8. The van der Waals surface area contributed by atoms with Crippen molar-refractivity contribution in [3.8, 4) is 11.1 Å². The van der Waals surface area contributed by atoms with Gasteiger partial charge in [-0.25, -0.2) is 18.2 Å². The molecule has 3 rings (SSSR count). The minimum Gasteiger partial charge on any atom is -0.464 e. The minimum absolute atomic E-state index is 0.236. The van der Waals surface area contributed by atoms with Gasteiger partial charge in [-0.15, -0.1) is 0 Å². The predicted molar refractivity (Wildman–Crippen MR) is 127 cm³/mol. The molecule has 172 valence electrons. The molecule has 0 fully saturated rings. The lowest BCUT2D eigenvalue weighted by Crippen LogP contribution is -2.46. The Balaban J connectivity index is 2.00. The molecule has 1 atom stereocenters. The van der Waals surface area contributed by atoms with Crippen LogP contribution < -0.4 is 10.1 Å². The number of Topliss-reactive ketones (excluding diaryl/α,β-unsaturated/α-hetero) is 1. The van der Waals surface area contributed by atoms with E-state index in [1.807, 2.05) is 13.0 Å². The van der Waals surface area contributed by atoms with Crippen LogP contribution in [0.1, 0.15) is 23.0 Å². The van der Waals surface area contributed by atoms with Gasteiger partial charge in [-0.1, -0.05) is 30.3 Å². The summed E-state index contributed by atoms with van der Waals surface area (Å²) in [6, 6.07) is 15.6. The van der Waals surface area contributed by atoms with Gasteiger partial charge in [0.2, 0.25) is 10.0 Å². The number of aromatic nitrogens is 1. The molecule has 9 nitrogen and oxygen atoms in total. The fourth-order valence-electron chi connectivity index (χ4n) is 3.27. The van der Waals surface area contributed by atoms with E-state index >= 15 is 0 Å². The van der Waals surface area contributed by atoms with Crippen molar-refractivity contribution < 1.29 is 23.1 Å². The molecule has 0 spiro atoms. The van der Waals surface area contributed by atoms with Crippen LogP contribution in [-0.4, -0.2) is 47.7 Å². The van der Waals surface area contributed by atoms with Gasteiger partial charge in [0, 0.05) is 17.5 Å². The van der Waals surface area contributed by atoms with E-state index in [0.717, 1.165) is 22.5 Å². The maximum atomic E-state index is 12.8. The van der Waals surface area contributed by atoms with E-state index in [9.17, 15) is 23.1 Å². The van der Waals surface area contributed by atoms with Crippen LogP contribution in [-0.2, 0) is 10.0 Å². The summed E-state index contributed by atoms with van der Waals surface area (Å²) in [4.78, 5) is 29.0. The van der Waals surface area contributed by atoms with Crippen LogP contribution in [0, 0.1) is 6.92 Å². The number of benzene rings is 2. The first-order valence-corrected chi connectivity index (χ1v) is 11.9. The molecule has 33 heavy (non-hydrogen) atoms. The number of carbonyl (C=O) groups is 2. The first-order chi connectivity index (χ1) is 15.5. The minimum atomic E-state index is -3.59. The second kappa shape index (κ2) is 9.70. The van der Waals surface area contributed by atoms with Crippen LogP contribution in [0.4, 0.5) is 16.2 Å². The predicted octanol–water partition coefficient (Wildman–Crippen LogP) is 4.01. The molecule has 0 radical (unpaired) electrons. The highest BCUT2D eigenvalue weighted by molar-refractivity contribution is 7.92. The van der Waals surface area contributed by atoms with E-state index < -0.39 is 22.2 Å². The van der Waals surface area contributed by atoms with Crippen LogP contribution in [0.3, 0.4) is 0 Å². The number of hydrogen-bond donors (Lipinski definition) is 3. The van der Waals surface area contributed by atoms with Crippen molar-refractivity contribution in [3.63, 3.8) is 0 Å². The van der Waals surface area contributed by atoms with Crippen molar-refractivity contribution in [2.75, 3.05) is 16.4 Å². The Labute approximate surface area is 192 Å². The smallest absolute Gasteiger partial charge is 0.426 e. The number of nitrogens with one attached hydrogen (secondary N) is 2. The summed E-state index contributed by atoms with van der Waals surface area (Å²) in [5.41, 5.74) is 5.78. The molecule has 0 saturated heterocycles. The topological polar surface area (TPSA) is 129 Å². The molecule has 3 aromatic rings. The average Bonchev–Trinajstić information content (AvgIpc) is 2.75. The quantitative estimate of drug-likeness (QED) is 0.336. The summed E-state index contributed by atoms with van der Waals surface area (Å²) >= 11 is 0. The van der Waals surface area contributed by atoms with Crippen molar-refractivity contribution in [1.29, 1.82) is 0 Å². The molecule has 0 aliphatic heterocycles. The van der Waals surface area contributed by atoms with Crippen LogP contribution in [0.25, 0.3) is 11.1 Å². The maximum Gasteiger partial charge on any atom is 0.426 e. The summed E-state index contributed by atoms with van der Waals surface area (Å²) in [5.74, 6) is -0.388. The molecule has 0 aliphatic rings.